The number of allylic oxidation sites excluding steroid dienone is 2. The third-order valence-electron chi connectivity index (χ3n) is 3.79. The van der Waals surface area contributed by atoms with E-state index in [9.17, 15) is 4.79 Å². The van der Waals surface area contributed by atoms with Gasteiger partial charge in [-0.25, -0.2) is 0 Å². The lowest BCUT2D eigenvalue weighted by atomic mass is 9.87. The number of hydrogen-bond donors (Lipinski definition) is 0. The largest absolute Gasteiger partial charge is 0.457 e. The van der Waals surface area contributed by atoms with Crippen molar-refractivity contribution >= 4 is 11.9 Å². The van der Waals surface area contributed by atoms with Gasteiger partial charge in [0.25, 0.3) is 0 Å². The van der Waals surface area contributed by atoms with E-state index in [2.05, 4.69) is 32.9 Å². The lowest BCUT2D eigenvalue weighted by molar-refractivity contribution is -0.110. The number of benzene rings is 2. The number of ketones is 1. The van der Waals surface area contributed by atoms with Crippen LogP contribution in [0, 0.1) is 0 Å². The first kappa shape index (κ1) is 19.5. The standard InChI is InChI=1S/C23H27NO2/c1-23(2,3)19-10-13-21(14-11-19)26-22-8-6-7-18(17-22)9-12-20(25)15-16-24(4)5/h6-17H,1-5H3. The van der Waals surface area contributed by atoms with Crippen molar-refractivity contribution in [1.29, 1.82) is 0 Å². The van der Waals surface area contributed by atoms with Gasteiger partial charge in [0.2, 0.25) is 0 Å². The molecule has 0 fully saturated rings. The second-order valence-electron chi connectivity index (χ2n) is 7.46. The first-order chi connectivity index (χ1) is 12.2. The van der Waals surface area contributed by atoms with Crippen LogP contribution in [0.15, 0.2) is 66.9 Å². The third kappa shape index (κ3) is 6.25. The molecule has 0 saturated heterocycles. The number of carbonyl (C=O) groups is 1. The van der Waals surface area contributed by atoms with E-state index in [4.69, 9.17) is 4.74 Å². The highest BCUT2D eigenvalue weighted by Gasteiger charge is 2.13. The van der Waals surface area contributed by atoms with Gasteiger partial charge in [0.05, 0.1) is 0 Å². The normalized spacial score (nSPS) is 11.9. The molecule has 0 heterocycles. The first-order valence-corrected chi connectivity index (χ1v) is 8.69. The number of carbonyl (C=O) groups excluding carboxylic acids is 1. The molecule has 2 aromatic carbocycles. The monoisotopic (exact) mass is 349 g/mol. The van der Waals surface area contributed by atoms with Crippen molar-refractivity contribution in [2.45, 2.75) is 26.2 Å². The van der Waals surface area contributed by atoms with Gasteiger partial charge in [0, 0.05) is 26.4 Å². The summed E-state index contributed by atoms with van der Waals surface area (Å²) in [7, 11) is 3.75. The molecule has 0 atom stereocenters. The molecular formula is C23H27NO2. The van der Waals surface area contributed by atoms with Crippen LogP contribution in [0.3, 0.4) is 0 Å². The minimum Gasteiger partial charge on any atom is -0.457 e. The van der Waals surface area contributed by atoms with Gasteiger partial charge in [-0.3, -0.25) is 4.79 Å². The van der Waals surface area contributed by atoms with Crippen LogP contribution in [0.5, 0.6) is 11.5 Å². The van der Waals surface area contributed by atoms with Gasteiger partial charge in [-0.05, 0) is 46.9 Å². The molecule has 2 rings (SSSR count). The van der Waals surface area contributed by atoms with Gasteiger partial charge in [-0.15, -0.1) is 0 Å². The lowest BCUT2D eigenvalue weighted by Crippen LogP contribution is -2.10. The summed E-state index contributed by atoms with van der Waals surface area (Å²) in [5.74, 6) is 1.49. The molecule has 0 aliphatic rings. The van der Waals surface area contributed by atoms with Crippen LogP contribution in [-0.4, -0.2) is 24.8 Å². The van der Waals surface area contributed by atoms with Gasteiger partial charge in [0.15, 0.2) is 5.78 Å². The van der Waals surface area contributed by atoms with Crippen molar-refractivity contribution in [3.63, 3.8) is 0 Å². The van der Waals surface area contributed by atoms with Gasteiger partial charge < -0.3 is 9.64 Å². The maximum absolute atomic E-state index is 11.8. The Morgan fingerprint density at radius 2 is 1.65 bits per heavy atom. The zero-order chi connectivity index (χ0) is 19.2. The molecule has 136 valence electrons. The van der Waals surface area contributed by atoms with Crippen LogP contribution in [0.25, 0.3) is 6.08 Å². The molecule has 26 heavy (non-hydrogen) atoms. The Kier molecular flexibility index (Phi) is 6.40. The average Bonchev–Trinajstić information content (AvgIpc) is 2.58. The van der Waals surface area contributed by atoms with Crippen LogP contribution < -0.4 is 4.74 Å². The van der Waals surface area contributed by atoms with Crippen LogP contribution in [0.4, 0.5) is 0 Å². The van der Waals surface area contributed by atoms with E-state index in [1.165, 1.54) is 11.6 Å². The maximum Gasteiger partial charge on any atom is 0.180 e. The van der Waals surface area contributed by atoms with Gasteiger partial charge in [-0.2, -0.15) is 0 Å². The maximum atomic E-state index is 11.8. The van der Waals surface area contributed by atoms with E-state index in [1.54, 1.807) is 18.4 Å². The second kappa shape index (κ2) is 8.52. The van der Waals surface area contributed by atoms with E-state index < -0.39 is 0 Å². The molecule has 3 heteroatoms. The SMILES string of the molecule is CN(C)C=CC(=O)C=Cc1cccc(Oc2ccc(C(C)(C)C)cc2)c1. The molecule has 0 aliphatic carbocycles. The minimum atomic E-state index is -0.0530. The molecule has 0 radical (unpaired) electrons. The Labute approximate surface area is 156 Å². The highest BCUT2D eigenvalue weighted by Crippen LogP contribution is 2.27. The summed E-state index contributed by atoms with van der Waals surface area (Å²) in [6.07, 6.45) is 6.61. The summed E-state index contributed by atoms with van der Waals surface area (Å²) in [5.41, 5.74) is 2.31. The highest BCUT2D eigenvalue weighted by molar-refractivity contribution is 6.01. The predicted molar refractivity (Wildman–Crippen MR) is 109 cm³/mol. The fourth-order valence-corrected chi connectivity index (χ4v) is 2.30. The molecular weight excluding hydrogens is 322 g/mol. The number of nitrogens with zero attached hydrogens (tertiary/aromatic N) is 1. The molecule has 0 aromatic heterocycles. The van der Waals surface area contributed by atoms with Crippen molar-refractivity contribution in [2.75, 3.05) is 14.1 Å². The summed E-state index contributed by atoms with van der Waals surface area (Å²) in [6.45, 7) is 6.56. The van der Waals surface area contributed by atoms with Crippen molar-refractivity contribution in [2.24, 2.45) is 0 Å². The Bertz CT molecular complexity index is 794. The molecule has 0 bridgehead atoms. The predicted octanol–water partition coefficient (Wildman–Crippen LogP) is 5.43. The Morgan fingerprint density at radius 3 is 2.27 bits per heavy atom. The Morgan fingerprint density at radius 1 is 0.962 bits per heavy atom. The fourth-order valence-electron chi connectivity index (χ4n) is 2.30. The third-order valence-corrected chi connectivity index (χ3v) is 3.79. The van der Waals surface area contributed by atoms with E-state index in [0.29, 0.717) is 0 Å². The first-order valence-electron chi connectivity index (χ1n) is 8.69. The average molecular weight is 349 g/mol. The van der Waals surface area contributed by atoms with Crippen molar-refractivity contribution in [1.82, 2.24) is 4.90 Å². The molecule has 3 nitrogen and oxygen atoms in total. The quantitative estimate of drug-likeness (QED) is 0.651. The Balaban J connectivity index is 2.06. The zero-order valence-corrected chi connectivity index (χ0v) is 16.2. The Hall–Kier alpha value is -2.81. The summed E-state index contributed by atoms with van der Waals surface area (Å²) < 4.78 is 5.93. The molecule has 0 unspecified atom stereocenters. The van der Waals surface area contributed by atoms with Crippen LogP contribution in [0.1, 0.15) is 31.9 Å². The van der Waals surface area contributed by atoms with Crippen molar-refractivity contribution in [3.8, 4) is 11.5 Å². The van der Waals surface area contributed by atoms with Gasteiger partial charge in [0.1, 0.15) is 11.5 Å². The summed E-state index contributed by atoms with van der Waals surface area (Å²) >= 11 is 0. The van der Waals surface area contributed by atoms with Gasteiger partial charge >= 0.3 is 0 Å². The molecule has 2 aromatic rings. The van der Waals surface area contributed by atoms with E-state index in [0.717, 1.165) is 17.1 Å². The molecule has 0 N–H and O–H groups in total. The number of hydrogen-bond acceptors (Lipinski definition) is 3. The second-order valence-corrected chi connectivity index (χ2v) is 7.46. The fraction of sp³-hybridized carbons (Fsp3) is 0.261. The molecule has 0 aliphatic heterocycles. The van der Waals surface area contributed by atoms with E-state index >= 15 is 0 Å². The topological polar surface area (TPSA) is 29.5 Å². The van der Waals surface area contributed by atoms with E-state index in [-0.39, 0.29) is 11.2 Å². The number of ether oxygens (including phenoxy) is 1. The van der Waals surface area contributed by atoms with Gasteiger partial charge in [-0.1, -0.05) is 51.1 Å². The smallest absolute Gasteiger partial charge is 0.180 e. The minimum absolute atomic E-state index is 0.0530. The molecule has 0 amide bonds. The lowest BCUT2D eigenvalue weighted by Gasteiger charge is -2.19. The van der Waals surface area contributed by atoms with Crippen LogP contribution in [0.2, 0.25) is 0 Å². The summed E-state index contributed by atoms with van der Waals surface area (Å²) in [5, 5.41) is 0. The summed E-state index contributed by atoms with van der Waals surface area (Å²) in [6, 6.07) is 15.8. The molecule has 0 saturated carbocycles. The molecule has 0 spiro atoms. The summed E-state index contributed by atoms with van der Waals surface area (Å²) in [4.78, 5) is 13.6. The number of rotatable bonds is 6. The van der Waals surface area contributed by atoms with Crippen molar-refractivity contribution in [3.05, 3.63) is 78.0 Å². The van der Waals surface area contributed by atoms with E-state index in [1.807, 2.05) is 55.4 Å². The highest BCUT2D eigenvalue weighted by atomic mass is 16.5. The van der Waals surface area contributed by atoms with Crippen LogP contribution >= 0.6 is 0 Å². The zero-order valence-electron chi connectivity index (χ0n) is 16.2. The van der Waals surface area contributed by atoms with Crippen LogP contribution in [-0.2, 0) is 10.2 Å². The van der Waals surface area contributed by atoms with Crippen molar-refractivity contribution < 1.29 is 9.53 Å².